The van der Waals surface area contributed by atoms with Crippen LogP contribution in [0.2, 0.25) is 5.02 Å². The van der Waals surface area contributed by atoms with Gasteiger partial charge in [0.25, 0.3) is 0 Å². The number of ether oxygens (including phenoxy) is 2. The summed E-state index contributed by atoms with van der Waals surface area (Å²) in [6.45, 7) is 1.24. The molecule has 8 heteroatoms. The van der Waals surface area contributed by atoms with Gasteiger partial charge in [-0.3, -0.25) is 4.79 Å². The van der Waals surface area contributed by atoms with Crippen molar-refractivity contribution in [3.05, 3.63) is 35.4 Å². The maximum absolute atomic E-state index is 12.2. The number of nitrogens with zero attached hydrogens (tertiary/aromatic N) is 2. The van der Waals surface area contributed by atoms with Gasteiger partial charge in [-0.1, -0.05) is 11.6 Å². The second-order valence-electron chi connectivity index (χ2n) is 5.65. The smallest absolute Gasteiger partial charge is 0.228 e. The van der Waals surface area contributed by atoms with Gasteiger partial charge in [0.1, 0.15) is 5.75 Å². The molecule has 0 radical (unpaired) electrons. The van der Waals surface area contributed by atoms with E-state index in [-0.39, 0.29) is 11.8 Å². The minimum Gasteiger partial charge on any atom is -0.495 e. The van der Waals surface area contributed by atoms with Crippen molar-refractivity contribution in [2.75, 3.05) is 31.0 Å². The molecule has 1 aromatic heterocycles. The number of nitrogens with one attached hydrogen (secondary N) is 2. The van der Waals surface area contributed by atoms with Crippen LogP contribution in [-0.2, 0) is 9.53 Å². The molecular formula is C17H19ClN4O3. The summed E-state index contributed by atoms with van der Waals surface area (Å²) >= 11 is 6.01. The van der Waals surface area contributed by atoms with Crippen LogP contribution in [0.25, 0.3) is 0 Å². The van der Waals surface area contributed by atoms with Gasteiger partial charge < -0.3 is 20.1 Å². The third-order valence-electron chi connectivity index (χ3n) is 3.93. The van der Waals surface area contributed by atoms with E-state index in [9.17, 15) is 4.79 Å². The summed E-state index contributed by atoms with van der Waals surface area (Å²) in [5, 5.41) is 14.6. The zero-order chi connectivity index (χ0) is 17.6. The maximum atomic E-state index is 12.2. The average Bonchev–Trinajstić information content (AvgIpc) is 2.64. The van der Waals surface area contributed by atoms with Crippen LogP contribution in [0.3, 0.4) is 0 Å². The summed E-state index contributed by atoms with van der Waals surface area (Å²) in [5.41, 5.74) is 0.684. The Labute approximate surface area is 150 Å². The first-order chi connectivity index (χ1) is 12.2. The lowest BCUT2D eigenvalue weighted by atomic mass is 9.99. The third-order valence-corrected chi connectivity index (χ3v) is 4.17. The highest BCUT2D eigenvalue weighted by atomic mass is 35.5. The number of hydrogen-bond acceptors (Lipinski definition) is 6. The predicted octanol–water partition coefficient (Wildman–Crippen LogP) is 3.25. The maximum Gasteiger partial charge on any atom is 0.228 e. The molecule has 3 rings (SSSR count). The molecule has 1 aromatic carbocycles. The van der Waals surface area contributed by atoms with Crippen LogP contribution < -0.4 is 15.4 Å². The number of anilines is 3. The van der Waals surface area contributed by atoms with Gasteiger partial charge in [0, 0.05) is 24.2 Å². The molecule has 1 saturated heterocycles. The van der Waals surface area contributed by atoms with Crippen molar-refractivity contribution >= 4 is 34.8 Å². The third kappa shape index (κ3) is 4.58. The van der Waals surface area contributed by atoms with Gasteiger partial charge in [0.2, 0.25) is 5.91 Å². The lowest BCUT2D eigenvalue weighted by Gasteiger charge is -2.20. The highest BCUT2D eigenvalue weighted by molar-refractivity contribution is 6.31. The van der Waals surface area contributed by atoms with Crippen LogP contribution in [-0.4, -0.2) is 36.4 Å². The van der Waals surface area contributed by atoms with E-state index in [2.05, 4.69) is 20.8 Å². The largest absolute Gasteiger partial charge is 0.495 e. The number of rotatable bonds is 5. The lowest BCUT2D eigenvalue weighted by Crippen LogP contribution is -2.28. The minimum absolute atomic E-state index is 0.0379. The number of halogens is 1. The molecule has 0 atom stereocenters. The van der Waals surface area contributed by atoms with Gasteiger partial charge in [-0.05, 0) is 43.2 Å². The lowest BCUT2D eigenvalue weighted by molar-refractivity contribution is -0.122. The zero-order valence-electron chi connectivity index (χ0n) is 13.8. The Morgan fingerprint density at radius 1 is 1.20 bits per heavy atom. The highest BCUT2D eigenvalue weighted by Crippen LogP contribution is 2.29. The Bertz CT molecular complexity index is 733. The molecule has 1 amide bonds. The first kappa shape index (κ1) is 17.4. The molecule has 2 heterocycles. The van der Waals surface area contributed by atoms with Gasteiger partial charge in [-0.15, -0.1) is 10.2 Å². The number of benzene rings is 1. The molecular weight excluding hydrogens is 344 g/mol. The summed E-state index contributed by atoms with van der Waals surface area (Å²) in [5.74, 6) is 1.49. The van der Waals surface area contributed by atoms with Crippen LogP contribution in [0.5, 0.6) is 5.75 Å². The van der Waals surface area contributed by atoms with Crippen LogP contribution >= 0.6 is 11.6 Å². The van der Waals surface area contributed by atoms with Gasteiger partial charge in [0.05, 0.1) is 12.8 Å². The molecule has 25 heavy (non-hydrogen) atoms. The molecule has 7 nitrogen and oxygen atoms in total. The van der Waals surface area contributed by atoms with Gasteiger partial charge in [-0.25, -0.2) is 0 Å². The molecule has 0 unspecified atom stereocenters. The van der Waals surface area contributed by atoms with Crippen molar-refractivity contribution in [3.8, 4) is 5.75 Å². The van der Waals surface area contributed by atoms with E-state index in [0.29, 0.717) is 41.3 Å². The molecule has 1 fully saturated rings. The molecule has 0 saturated carbocycles. The highest BCUT2D eigenvalue weighted by Gasteiger charge is 2.21. The number of carbonyl (C=O) groups is 1. The summed E-state index contributed by atoms with van der Waals surface area (Å²) in [6.07, 6.45) is 1.46. The quantitative estimate of drug-likeness (QED) is 0.849. The summed E-state index contributed by atoms with van der Waals surface area (Å²) in [7, 11) is 1.58. The zero-order valence-corrected chi connectivity index (χ0v) is 14.5. The molecule has 1 aliphatic heterocycles. The van der Waals surface area contributed by atoms with Gasteiger partial charge in [0.15, 0.2) is 11.6 Å². The van der Waals surface area contributed by atoms with Gasteiger partial charge in [-0.2, -0.15) is 0 Å². The Morgan fingerprint density at radius 2 is 1.92 bits per heavy atom. The van der Waals surface area contributed by atoms with E-state index in [4.69, 9.17) is 21.1 Å². The number of aromatic nitrogens is 2. The van der Waals surface area contributed by atoms with Crippen molar-refractivity contribution < 1.29 is 14.3 Å². The van der Waals surface area contributed by atoms with E-state index in [1.165, 1.54) is 0 Å². The minimum atomic E-state index is -0.0465. The number of amides is 1. The van der Waals surface area contributed by atoms with Crippen molar-refractivity contribution in [2.24, 2.45) is 5.92 Å². The van der Waals surface area contributed by atoms with E-state index >= 15 is 0 Å². The van der Waals surface area contributed by atoms with E-state index < -0.39 is 0 Å². The molecule has 2 aromatic rings. The van der Waals surface area contributed by atoms with E-state index in [1.54, 1.807) is 37.4 Å². The topological polar surface area (TPSA) is 85.4 Å². The number of hydrogen-bond donors (Lipinski definition) is 2. The first-order valence-electron chi connectivity index (χ1n) is 7.98. The monoisotopic (exact) mass is 362 g/mol. The Balaban J connectivity index is 1.64. The summed E-state index contributed by atoms with van der Waals surface area (Å²) in [4.78, 5) is 12.2. The fraction of sp³-hybridized carbons (Fsp3) is 0.353. The molecule has 132 valence electrons. The summed E-state index contributed by atoms with van der Waals surface area (Å²) < 4.78 is 10.5. The fourth-order valence-corrected chi connectivity index (χ4v) is 2.74. The standard InChI is InChI=1S/C17H19ClN4O3/c1-24-14-3-2-12(18)10-13(14)19-15-4-5-16(22-21-15)20-17(23)11-6-8-25-9-7-11/h2-5,10-11H,6-9H2,1H3,(H,19,21)(H,20,22,23). The van der Waals surface area contributed by atoms with E-state index in [0.717, 1.165) is 12.8 Å². The molecule has 0 spiro atoms. The van der Waals surface area contributed by atoms with Crippen molar-refractivity contribution in [1.29, 1.82) is 0 Å². The predicted molar refractivity (Wildman–Crippen MR) is 95.5 cm³/mol. The van der Waals surface area contributed by atoms with E-state index in [1.807, 2.05) is 0 Å². The SMILES string of the molecule is COc1ccc(Cl)cc1Nc1ccc(NC(=O)C2CCOCC2)nn1. The van der Waals surface area contributed by atoms with Crippen molar-refractivity contribution in [3.63, 3.8) is 0 Å². The van der Waals surface area contributed by atoms with Crippen LogP contribution in [0.4, 0.5) is 17.3 Å². The fourth-order valence-electron chi connectivity index (χ4n) is 2.57. The number of methoxy groups -OCH3 is 1. The average molecular weight is 363 g/mol. The van der Waals surface area contributed by atoms with Crippen LogP contribution in [0.1, 0.15) is 12.8 Å². The first-order valence-corrected chi connectivity index (χ1v) is 8.36. The van der Waals surface area contributed by atoms with Crippen molar-refractivity contribution in [1.82, 2.24) is 10.2 Å². The normalized spacial score (nSPS) is 14.8. The van der Waals surface area contributed by atoms with Crippen LogP contribution in [0, 0.1) is 5.92 Å². The Morgan fingerprint density at radius 3 is 2.60 bits per heavy atom. The Hall–Kier alpha value is -2.38. The second kappa shape index (κ2) is 8.13. The van der Waals surface area contributed by atoms with Crippen molar-refractivity contribution in [2.45, 2.75) is 12.8 Å². The molecule has 2 N–H and O–H groups in total. The second-order valence-corrected chi connectivity index (χ2v) is 6.09. The molecule has 0 bridgehead atoms. The van der Waals surface area contributed by atoms with Gasteiger partial charge >= 0.3 is 0 Å². The molecule has 1 aliphatic rings. The number of carbonyl (C=O) groups excluding carboxylic acids is 1. The Kier molecular flexibility index (Phi) is 5.67. The van der Waals surface area contributed by atoms with Crippen LogP contribution in [0.15, 0.2) is 30.3 Å². The molecule has 0 aliphatic carbocycles. The summed E-state index contributed by atoms with van der Waals surface area (Å²) in [6, 6.07) is 8.67.